The Labute approximate surface area is 179 Å². The fourth-order valence-corrected chi connectivity index (χ4v) is 4.81. The van der Waals surface area contributed by atoms with Gasteiger partial charge in [-0.25, -0.2) is 17.9 Å². The maximum Gasteiger partial charge on any atom is 0.374 e. The van der Waals surface area contributed by atoms with Crippen molar-refractivity contribution in [1.29, 1.82) is 0 Å². The van der Waals surface area contributed by atoms with E-state index in [2.05, 4.69) is 4.72 Å². The number of likely N-dealkylation sites (N-methyl/N-ethyl adjacent to an activating group) is 1. The first-order valence-corrected chi connectivity index (χ1v) is 11.3. The second-order valence-corrected chi connectivity index (χ2v) is 9.17. The van der Waals surface area contributed by atoms with E-state index in [4.69, 9.17) is 9.15 Å². The van der Waals surface area contributed by atoms with E-state index in [1.165, 1.54) is 18.2 Å². The molecule has 164 valence electrons. The number of fused-ring (bicyclic) bond motifs is 2. The molecule has 0 bridgehead atoms. The van der Waals surface area contributed by atoms with E-state index in [9.17, 15) is 18.0 Å². The summed E-state index contributed by atoms with van der Waals surface area (Å²) >= 11 is 0. The van der Waals surface area contributed by atoms with Crippen molar-refractivity contribution in [3.8, 4) is 0 Å². The van der Waals surface area contributed by atoms with Crippen LogP contribution in [0.15, 0.2) is 45.8 Å². The molecular weight excluding hydrogens is 422 g/mol. The zero-order valence-corrected chi connectivity index (χ0v) is 18.2. The monoisotopic (exact) mass is 445 g/mol. The third kappa shape index (κ3) is 3.72. The SMILES string of the molecule is CCOC(=O)c1oc2ccc(S(=O)(=O)NCC3Cn4cccc4C(=O)N3C)cc2c1C. The van der Waals surface area contributed by atoms with Gasteiger partial charge in [0.1, 0.15) is 11.3 Å². The van der Waals surface area contributed by atoms with Gasteiger partial charge in [0, 0.05) is 37.3 Å². The topological polar surface area (TPSA) is 111 Å². The first kappa shape index (κ1) is 21.1. The molecular formula is C21H23N3O6S. The largest absolute Gasteiger partial charge is 0.460 e. The van der Waals surface area contributed by atoms with E-state index in [0.29, 0.717) is 28.8 Å². The van der Waals surface area contributed by atoms with E-state index in [0.717, 1.165) is 0 Å². The molecule has 0 fully saturated rings. The van der Waals surface area contributed by atoms with Gasteiger partial charge in [-0.15, -0.1) is 0 Å². The third-order valence-corrected chi connectivity index (χ3v) is 6.93. The molecule has 1 N–H and O–H groups in total. The molecule has 0 spiro atoms. The number of sulfonamides is 1. The summed E-state index contributed by atoms with van der Waals surface area (Å²) in [5.74, 6) is -0.681. The zero-order chi connectivity index (χ0) is 22.3. The number of benzene rings is 1. The maximum absolute atomic E-state index is 12.9. The first-order valence-electron chi connectivity index (χ1n) is 9.85. The van der Waals surface area contributed by atoms with Crippen LogP contribution in [-0.2, 0) is 21.3 Å². The van der Waals surface area contributed by atoms with Gasteiger partial charge in [-0.05, 0) is 44.2 Å². The highest BCUT2D eigenvalue weighted by Crippen LogP contribution is 2.28. The molecule has 1 unspecified atom stereocenters. The molecule has 0 saturated heterocycles. The summed E-state index contributed by atoms with van der Waals surface area (Å²) in [4.78, 5) is 26.1. The van der Waals surface area contributed by atoms with Crippen molar-refractivity contribution in [3.05, 3.63) is 53.5 Å². The molecule has 0 aliphatic carbocycles. The molecule has 0 saturated carbocycles. The lowest BCUT2D eigenvalue weighted by molar-refractivity contribution is 0.0491. The van der Waals surface area contributed by atoms with Crippen molar-refractivity contribution in [1.82, 2.24) is 14.2 Å². The Kier molecular flexibility index (Phi) is 5.36. The number of hydrogen-bond acceptors (Lipinski definition) is 6. The minimum Gasteiger partial charge on any atom is -0.460 e. The molecule has 1 aliphatic rings. The van der Waals surface area contributed by atoms with Gasteiger partial charge >= 0.3 is 5.97 Å². The van der Waals surface area contributed by atoms with Crippen molar-refractivity contribution in [2.75, 3.05) is 20.2 Å². The highest BCUT2D eigenvalue weighted by molar-refractivity contribution is 7.89. The summed E-state index contributed by atoms with van der Waals surface area (Å²) in [5, 5.41) is 0.521. The lowest BCUT2D eigenvalue weighted by atomic mass is 10.1. The van der Waals surface area contributed by atoms with Gasteiger partial charge in [0.2, 0.25) is 15.8 Å². The molecule has 1 amide bonds. The third-order valence-electron chi connectivity index (χ3n) is 5.51. The summed E-state index contributed by atoms with van der Waals surface area (Å²) < 4.78 is 40.8. The fourth-order valence-electron chi connectivity index (χ4n) is 3.71. The number of rotatable bonds is 6. The molecule has 3 aromatic rings. The van der Waals surface area contributed by atoms with Crippen LogP contribution < -0.4 is 4.72 Å². The van der Waals surface area contributed by atoms with E-state index >= 15 is 0 Å². The molecule has 2 aromatic heterocycles. The van der Waals surface area contributed by atoms with Crippen molar-refractivity contribution in [2.24, 2.45) is 0 Å². The number of carbonyl (C=O) groups is 2. The quantitative estimate of drug-likeness (QED) is 0.582. The van der Waals surface area contributed by atoms with Gasteiger partial charge in [0.15, 0.2) is 0 Å². The Morgan fingerprint density at radius 2 is 2.10 bits per heavy atom. The molecule has 4 rings (SSSR count). The van der Waals surface area contributed by atoms with Crippen LogP contribution in [0.3, 0.4) is 0 Å². The zero-order valence-electron chi connectivity index (χ0n) is 17.4. The number of hydrogen-bond donors (Lipinski definition) is 1. The van der Waals surface area contributed by atoms with Gasteiger partial charge < -0.3 is 18.6 Å². The van der Waals surface area contributed by atoms with Gasteiger partial charge in [-0.3, -0.25) is 4.79 Å². The predicted molar refractivity (Wildman–Crippen MR) is 112 cm³/mol. The average molecular weight is 445 g/mol. The van der Waals surface area contributed by atoms with Gasteiger partial charge in [0.25, 0.3) is 5.91 Å². The lowest BCUT2D eigenvalue weighted by Gasteiger charge is -2.33. The number of nitrogens with one attached hydrogen (secondary N) is 1. The number of furan rings is 1. The Hall–Kier alpha value is -3.11. The normalized spacial score (nSPS) is 16.5. The standard InChI is InChI=1S/C21H23N3O6S/c1-4-29-21(26)19-13(2)16-10-15(7-8-18(16)30-19)31(27,28)22-11-14-12-24-9-5-6-17(24)20(25)23(14)3/h5-10,14,22H,4,11-12H2,1-3H3. The van der Waals surface area contributed by atoms with Crippen LogP contribution in [0.5, 0.6) is 0 Å². The predicted octanol–water partition coefficient (Wildman–Crippen LogP) is 2.15. The molecule has 1 atom stereocenters. The second-order valence-electron chi connectivity index (χ2n) is 7.40. The summed E-state index contributed by atoms with van der Waals surface area (Å²) in [7, 11) is -2.19. The molecule has 31 heavy (non-hydrogen) atoms. The smallest absolute Gasteiger partial charge is 0.374 e. The average Bonchev–Trinajstić information content (AvgIpc) is 3.34. The van der Waals surface area contributed by atoms with Crippen LogP contribution in [0.25, 0.3) is 11.0 Å². The first-order chi connectivity index (χ1) is 14.7. The Morgan fingerprint density at radius 3 is 2.84 bits per heavy atom. The van der Waals surface area contributed by atoms with Gasteiger partial charge in [-0.1, -0.05) is 0 Å². The van der Waals surface area contributed by atoms with Crippen molar-refractivity contribution >= 4 is 32.9 Å². The molecule has 3 heterocycles. The van der Waals surface area contributed by atoms with E-state index in [-0.39, 0.29) is 35.8 Å². The Morgan fingerprint density at radius 1 is 1.32 bits per heavy atom. The molecule has 9 nitrogen and oxygen atoms in total. The summed E-state index contributed by atoms with van der Waals surface area (Å²) in [6, 6.07) is 7.62. The van der Waals surface area contributed by atoms with Crippen LogP contribution >= 0.6 is 0 Å². The Balaban J connectivity index is 1.55. The van der Waals surface area contributed by atoms with Crippen molar-refractivity contribution < 1.29 is 27.2 Å². The summed E-state index contributed by atoms with van der Waals surface area (Å²) in [6.07, 6.45) is 1.80. The molecule has 0 radical (unpaired) electrons. The number of nitrogens with zero attached hydrogens (tertiary/aromatic N) is 2. The van der Waals surface area contributed by atoms with Crippen LogP contribution in [0.4, 0.5) is 0 Å². The van der Waals surface area contributed by atoms with E-state index in [1.54, 1.807) is 44.1 Å². The second kappa shape index (κ2) is 7.86. The minimum atomic E-state index is -3.85. The number of amides is 1. The minimum absolute atomic E-state index is 0.0470. The molecule has 1 aromatic carbocycles. The number of aryl methyl sites for hydroxylation is 1. The highest BCUT2D eigenvalue weighted by atomic mass is 32.2. The Bertz CT molecular complexity index is 1270. The van der Waals surface area contributed by atoms with Crippen LogP contribution in [0, 0.1) is 6.92 Å². The highest BCUT2D eigenvalue weighted by Gasteiger charge is 2.30. The van der Waals surface area contributed by atoms with Crippen LogP contribution in [0.2, 0.25) is 0 Å². The molecule has 1 aliphatic heterocycles. The van der Waals surface area contributed by atoms with Gasteiger partial charge in [0.05, 0.1) is 17.5 Å². The van der Waals surface area contributed by atoms with E-state index in [1.807, 2.05) is 4.57 Å². The lowest BCUT2D eigenvalue weighted by Crippen LogP contribution is -2.50. The molecule has 10 heteroatoms. The number of aromatic nitrogens is 1. The fraction of sp³-hybridized carbons (Fsp3) is 0.333. The van der Waals surface area contributed by atoms with Crippen LogP contribution in [-0.4, -0.2) is 56.0 Å². The van der Waals surface area contributed by atoms with E-state index < -0.39 is 16.0 Å². The number of ether oxygens (including phenoxy) is 1. The number of carbonyl (C=O) groups excluding carboxylic acids is 2. The maximum atomic E-state index is 12.9. The van der Waals surface area contributed by atoms with Crippen LogP contribution in [0.1, 0.15) is 33.5 Å². The number of esters is 1. The van der Waals surface area contributed by atoms with Crippen molar-refractivity contribution in [3.63, 3.8) is 0 Å². The van der Waals surface area contributed by atoms with Gasteiger partial charge in [-0.2, -0.15) is 0 Å². The summed E-state index contributed by atoms with van der Waals surface area (Å²) in [6.45, 7) is 4.15. The van der Waals surface area contributed by atoms with Crippen molar-refractivity contribution in [2.45, 2.75) is 31.3 Å². The summed E-state index contributed by atoms with van der Waals surface area (Å²) in [5.41, 5.74) is 1.50.